The first-order valence-electron chi connectivity index (χ1n) is 15.5. The second-order valence-electron chi connectivity index (χ2n) is 12.1. The van der Waals surface area contributed by atoms with Crippen molar-refractivity contribution in [1.29, 1.82) is 0 Å². The van der Waals surface area contributed by atoms with Crippen LogP contribution in [0.1, 0.15) is 42.6 Å². The second-order valence-corrected chi connectivity index (χ2v) is 12.1. The normalized spacial score (nSPS) is 25.7. The fourth-order valence-corrected chi connectivity index (χ4v) is 7.74. The number of ether oxygens (including phenoxy) is 6. The predicted molar refractivity (Wildman–Crippen MR) is 169 cm³/mol. The van der Waals surface area contributed by atoms with Crippen LogP contribution >= 0.6 is 0 Å². The van der Waals surface area contributed by atoms with Crippen LogP contribution < -0.4 is 14.2 Å². The van der Waals surface area contributed by atoms with Gasteiger partial charge in [0.1, 0.15) is 18.0 Å². The van der Waals surface area contributed by atoms with Gasteiger partial charge in [0.05, 0.1) is 33.3 Å². The molecule has 244 valence electrons. The monoisotopic (exact) mass is 632 g/mol. The molecule has 46 heavy (non-hydrogen) atoms. The quantitative estimate of drug-likeness (QED) is 0.216. The molecule has 3 aromatic rings. The van der Waals surface area contributed by atoms with Crippen LogP contribution in [0, 0.1) is 17.8 Å². The summed E-state index contributed by atoms with van der Waals surface area (Å²) in [6.45, 7) is 2.98. The first-order chi connectivity index (χ1) is 22.2. The van der Waals surface area contributed by atoms with Crippen molar-refractivity contribution < 1.29 is 42.8 Å². The zero-order valence-corrected chi connectivity index (χ0v) is 26.7. The first-order valence-corrected chi connectivity index (χ1v) is 15.5. The Morgan fingerprint density at radius 3 is 2.52 bits per heavy atom. The number of H-pyrrole nitrogens is 1. The standard InChI is InChI=1S/C35H40N2O9/c1-19(38)45-29-14-20(6-10-28(29)42-3)7-11-31(39)46-30-15-21-18-37-13-12-24-23-9-8-22(41-2)16-26(23)36-33(24)27(37)17-25(21)32(34(30)43-4)35(40)44-5/h6-11,14,16,21,25,27,30,32,34,36H,12-13,15,17-18H2,1-5H3/b11-7+/t21-,25+,27-,30-,32+,34+/m1/s1. The summed E-state index contributed by atoms with van der Waals surface area (Å²) in [5.74, 6) is -0.475. The third-order valence-corrected chi connectivity index (χ3v) is 9.72. The Bertz CT molecular complexity index is 1660. The number of rotatable bonds is 8. The van der Waals surface area contributed by atoms with Crippen LogP contribution in [0.5, 0.6) is 17.2 Å². The van der Waals surface area contributed by atoms with Crippen molar-refractivity contribution in [3.63, 3.8) is 0 Å². The van der Waals surface area contributed by atoms with E-state index in [0.29, 0.717) is 17.7 Å². The zero-order chi connectivity index (χ0) is 32.5. The van der Waals surface area contributed by atoms with E-state index >= 15 is 0 Å². The van der Waals surface area contributed by atoms with E-state index in [9.17, 15) is 14.4 Å². The highest BCUT2D eigenvalue weighted by atomic mass is 16.6. The van der Waals surface area contributed by atoms with Gasteiger partial charge in [-0.25, -0.2) is 4.79 Å². The van der Waals surface area contributed by atoms with E-state index in [1.165, 1.54) is 43.9 Å². The number of methoxy groups -OCH3 is 4. The Labute approximate surface area is 267 Å². The number of benzene rings is 2. The molecular weight excluding hydrogens is 592 g/mol. The molecule has 0 unspecified atom stereocenters. The van der Waals surface area contributed by atoms with Gasteiger partial charge < -0.3 is 33.4 Å². The first kappa shape index (κ1) is 31.6. The van der Waals surface area contributed by atoms with Crippen molar-refractivity contribution in [2.75, 3.05) is 41.5 Å². The molecule has 3 aliphatic rings. The van der Waals surface area contributed by atoms with Crippen molar-refractivity contribution in [3.05, 3.63) is 59.3 Å². The van der Waals surface area contributed by atoms with Gasteiger partial charge in [0, 0.05) is 55.9 Å². The smallest absolute Gasteiger partial charge is 0.331 e. The number of nitrogens with one attached hydrogen (secondary N) is 1. The Morgan fingerprint density at radius 1 is 0.978 bits per heavy atom. The number of carbonyl (C=O) groups is 3. The number of fused-ring (bicyclic) bond motifs is 6. The lowest BCUT2D eigenvalue weighted by atomic mass is 9.63. The molecule has 1 N–H and O–H groups in total. The van der Waals surface area contributed by atoms with Gasteiger partial charge in [-0.15, -0.1) is 0 Å². The third kappa shape index (κ3) is 5.96. The Hall–Kier alpha value is -4.35. The SMILES string of the molecule is COC(=O)[C@H]1[C@H]2C[C@@H]3c4[nH]c5cc(OC)ccc5c4CCN3C[C@H]2C[C@@H](OC(=O)/C=C/c2ccc(OC)c(OC(C)=O)c2)[C@@H]1OC. The summed E-state index contributed by atoms with van der Waals surface area (Å²) in [5.41, 5.74) is 4.18. The number of hydrogen-bond donors (Lipinski definition) is 1. The molecule has 0 bridgehead atoms. The summed E-state index contributed by atoms with van der Waals surface area (Å²) in [7, 11) is 6.08. The lowest BCUT2D eigenvalue weighted by Gasteiger charge is -2.52. The lowest BCUT2D eigenvalue weighted by Crippen LogP contribution is -2.58. The summed E-state index contributed by atoms with van der Waals surface area (Å²) in [6.07, 6.45) is 3.83. The maximum Gasteiger partial charge on any atom is 0.331 e. The van der Waals surface area contributed by atoms with Crippen LogP contribution in [0.2, 0.25) is 0 Å². The van der Waals surface area contributed by atoms with Crippen LogP contribution in [0.25, 0.3) is 17.0 Å². The molecule has 6 atom stereocenters. The molecular formula is C35H40N2O9. The molecule has 11 nitrogen and oxygen atoms in total. The molecule has 3 heterocycles. The average molecular weight is 633 g/mol. The summed E-state index contributed by atoms with van der Waals surface area (Å²) in [5, 5.41) is 1.21. The summed E-state index contributed by atoms with van der Waals surface area (Å²) >= 11 is 0. The number of hydrogen-bond acceptors (Lipinski definition) is 10. The highest BCUT2D eigenvalue weighted by Gasteiger charge is 2.54. The Balaban J connectivity index is 1.22. The second kappa shape index (κ2) is 13.2. The van der Waals surface area contributed by atoms with E-state index in [4.69, 9.17) is 28.4 Å². The van der Waals surface area contributed by atoms with E-state index in [-0.39, 0.29) is 29.6 Å². The zero-order valence-electron chi connectivity index (χ0n) is 26.7. The largest absolute Gasteiger partial charge is 0.497 e. The van der Waals surface area contributed by atoms with Gasteiger partial charge >= 0.3 is 17.9 Å². The van der Waals surface area contributed by atoms with E-state index in [0.717, 1.165) is 37.2 Å². The molecule has 0 spiro atoms. The number of aromatic nitrogens is 1. The van der Waals surface area contributed by atoms with Crippen molar-refractivity contribution >= 4 is 34.9 Å². The topological polar surface area (TPSA) is 126 Å². The van der Waals surface area contributed by atoms with Crippen LogP contribution in [0.3, 0.4) is 0 Å². The molecule has 0 amide bonds. The van der Waals surface area contributed by atoms with Gasteiger partial charge in [-0.3, -0.25) is 14.5 Å². The third-order valence-electron chi connectivity index (χ3n) is 9.72. The summed E-state index contributed by atoms with van der Waals surface area (Å²) < 4.78 is 33.1. The van der Waals surface area contributed by atoms with Gasteiger partial charge in [-0.1, -0.05) is 6.07 Å². The van der Waals surface area contributed by atoms with Crippen molar-refractivity contribution in [2.24, 2.45) is 17.8 Å². The predicted octanol–water partition coefficient (Wildman–Crippen LogP) is 4.48. The number of nitrogens with zero attached hydrogens (tertiary/aromatic N) is 1. The van der Waals surface area contributed by atoms with Gasteiger partial charge in [0.2, 0.25) is 0 Å². The van der Waals surface area contributed by atoms with Crippen molar-refractivity contribution in [1.82, 2.24) is 9.88 Å². The van der Waals surface area contributed by atoms with Gasteiger partial charge in [-0.2, -0.15) is 0 Å². The maximum atomic E-state index is 13.4. The summed E-state index contributed by atoms with van der Waals surface area (Å²) in [4.78, 5) is 44.2. The molecule has 2 aromatic carbocycles. The minimum atomic E-state index is -0.663. The minimum absolute atomic E-state index is 0.0185. The van der Waals surface area contributed by atoms with Crippen LogP contribution in [-0.4, -0.2) is 81.5 Å². The highest BCUT2D eigenvalue weighted by Crippen LogP contribution is 2.50. The lowest BCUT2D eigenvalue weighted by molar-refractivity contribution is -0.187. The van der Waals surface area contributed by atoms with E-state index in [1.54, 1.807) is 38.5 Å². The Kier molecular flexibility index (Phi) is 9.06. The number of carbonyl (C=O) groups excluding carboxylic acids is 3. The van der Waals surface area contributed by atoms with Crippen LogP contribution in [0.4, 0.5) is 0 Å². The van der Waals surface area contributed by atoms with Gasteiger partial charge in [0.25, 0.3) is 0 Å². The van der Waals surface area contributed by atoms with E-state index < -0.39 is 30.1 Å². The van der Waals surface area contributed by atoms with Crippen molar-refractivity contribution in [2.45, 2.75) is 44.4 Å². The number of piperidine rings is 1. The molecule has 2 aliphatic heterocycles. The van der Waals surface area contributed by atoms with Crippen molar-refractivity contribution in [3.8, 4) is 17.2 Å². The minimum Gasteiger partial charge on any atom is -0.497 e. The molecule has 11 heteroatoms. The molecule has 1 saturated carbocycles. The molecule has 1 saturated heterocycles. The fourth-order valence-electron chi connectivity index (χ4n) is 7.74. The maximum absolute atomic E-state index is 13.4. The van der Waals surface area contributed by atoms with Crippen LogP contribution in [0.15, 0.2) is 42.5 Å². The van der Waals surface area contributed by atoms with E-state index in [1.807, 2.05) is 12.1 Å². The molecule has 2 fully saturated rings. The highest BCUT2D eigenvalue weighted by molar-refractivity contribution is 5.88. The van der Waals surface area contributed by atoms with Gasteiger partial charge in [0.15, 0.2) is 11.5 Å². The summed E-state index contributed by atoms with van der Waals surface area (Å²) in [6, 6.07) is 11.2. The number of aromatic amines is 1. The number of esters is 3. The molecule has 6 rings (SSSR count). The van der Waals surface area contributed by atoms with E-state index in [2.05, 4.69) is 16.0 Å². The molecule has 1 aliphatic carbocycles. The van der Waals surface area contributed by atoms with Gasteiger partial charge in [-0.05, 0) is 72.6 Å². The Morgan fingerprint density at radius 2 is 1.80 bits per heavy atom. The molecule has 0 radical (unpaired) electrons. The fraction of sp³-hybridized carbons (Fsp3) is 0.457. The average Bonchev–Trinajstić information content (AvgIpc) is 3.43. The molecule has 1 aromatic heterocycles. The van der Waals surface area contributed by atoms with Crippen LogP contribution in [-0.2, 0) is 35.0 Å².